The van der Waals surface area contributed by atoms with Crippen molar-refractivity contribution in [2.24, 2.45) is 0 Å². The van der Waals surface area contributed by atoms with Crippen LogP contribution in [0.2, 0.25) is 5.02 Å². The number of halogens is 1. The van der Waals surface area contributed by atoms with Gasteiger partial charge < -0.3 is 10.1 Å². The van der Waals surface area contributed by atoms with Crippen LogP contribution in [-0.4, -0.2) is 19.1 Å². The normalized spacial score (nSPS) is 10.5. The number of nitrogens with one attached hydrogen (secondary N) is 1. The number of aromatic nitrogens is 1. The van der Waals surface area contributed by atoms with E-state index in [2.05, 4.69) is 16.4 Å². The molecule has 16 heavy (non-hydrogen) atoms. The number of methoxy groups -OCH3 is 1. The number of rotatable bonds is 2. The molecule has 0 radical (unpaired) electrons. The van der Waals surface area contributed by atoms with Crippen LogP contribution in [0.4, 0.5) is 5.82 Å². The molecule has 0 unspecified atom stereocenters. The van der Waals surface area contributed by atoms with E-state index in [1.165, 1.54) is 0 Å². The lowest BCUT2D eigenvalue weighted by molar-refractivity contribution is 0.415. The number of pyridine rings is 1. The maximum Gasteiger partial charge on any atom is 0.138 e. The number of anilines is 1. The quantitative estimate of drug-likeness (QED) is 0.869. The second-order valence-corrected chi connectivity index (χ2v) is 3.99. The molecule has 0 aliphatic carbocycles. The van der Waals surface area contributed by atoms with Crippen LogP contribution >= 0.6 is 11.6 Å². The molecule has 3 nitrogen and oxygen atoms in total. The smallest absolute Gasteiger partial charge is 0.138 e. The molecular formula is C12H13ClN2O. The molecule has 0 spiro atoms. The van der Waals surface area contributed by atoms with Gasteiger partial charge in [-0.05, 0) is 30.7 Å². The van der Waals surface area contributed by atoms with Crippen molar-refractivity contribution in [3.05, 3.63) is 28.8 Å². The SMILES string of the molecule is CNc1nc2cc(Cl)c(OC)cc2cc1C. The van der Waals surface area contributed by atoms with E-state index < -0.39 is 0 Å². The fourth-order valence-electron chi connectivity index (χ4n) is 1.69. The van der Waals surface area contributed by atoms with E-state index in [0.29, 0.717) is 10.8 Å². The van der Waals surface area contributed by atoms with E-state index in [0.717, 1.165) is 22.3 Å². The van der Waals surface area contributed by atoms with Gasteiger partial charge in [0, 0.05) is 12.4 Å². The molecule has 0 saturated heterocycles. The van der Waals surface area contributed by atoms with Crippen molar-refractivity contribution in [3.8, 4) is 5.75 Å². The Morgan fingerprint density at radius 1 is 1.31 bits per heavy atom. The standard InChI is InChI=1S/C12H13ClN2O/c1-7-4-8-5-11(16-3)9(13)6-10(8)15-12(7)14-2/h4-6H,1-3H3,(H,14,15). The zero-order valence-electron chi connectivity index (χ0n) is 9.47. The molecule has 2 aromatic rings. The zero-order chi connectivity index (χ0) is 11.7. The van der Waals surface area contributed by atoms with Gasteiger partial charge in [0.2, 0.25) is 0 Å². The minimum atomic E-state index is 0.577. The molecule has 4 heteroatoms. The average Bonchev–Trinajstić information content (AvgIpc) is 2.28. The summed E-state index contributed by atoms with van der Waals surface area (Å²) in [4.78, 5) is 4.48. The largest absolute Gasteiger partial charge is 0.495 e. The fraction of sp³-hybridized carbons (Fsp3) is 0.250. The van der Waals surface area contributed by atoms with Gasteiger partial charge in [-0.25, -0.2) is 4.98 Å². The maximum absolute atomic E-state index is 6.05. The number of benzene rings is 1. The van der Waals surface area contributed by atoms with Gasteiger partial charge in [0.25, 0.3) is 0 Å². The minimum Gasteiger partial charge on any atom is -0.495 e. The highest BCUT2D eigenvalue weighted by molar-refractivity contribution is 6.32. The van der Waals surface area contributed by atoms with E-state index in [9.17, 15) is 0 Å². The first-order chi connectivity index (χ1) is 7.65. The van der Waals surface area contributed by atoms with Crippen molar-refractivity contribution in [3.63, 3.8) is 0 Å². The molecular weight excluding hydrogens is 224 g/mol. The Balaban J connectivity index is 2.71. The molecule has 1 N–H and O–H groups in total. The van der Waals surface area contributed by atoms with E-state index in [1.54, 1.807) is 7.11 Å². The lowest BCUT2D eigenvalue weighted by atomic mass is 10.1. The molecule has 0 atom stereocenters. The van der Waals surface area contributed by atoms with Gasteiger partial charge in [0.1, 0.15) is 11.6 Å². The van der Waals surface area contributed by atoms with Crippen LogP contribution in [0.3, 0.4) is 0 Å². The molecule has 0 fully saturated rings. The van der Waals surface area contributed by atoms with Crippen LogP contribution in [0.1, 0.15) is 5.56 Å². The number of aryl methyl sites for hydroxylation is 1. The van der Waals surface area contributed by atoms with E-state index >= 15 is 0 Å². The third kappa shape index (κ3) is 1.78. The summed E-state index contributed by atoms with van der Waals surface area (Å²) in [7, 11) is 3.46. The highest BCUT2D eigenvalue weighted by Crippen LogP contribution is 2.30. The van der Waals surface area contributed by atoms with Gasteiger partial charge in [-0.3, -0.25) is 0 Å². The van der Waals surface area contributed by atoms with Gasteiger partial charge >= 0.3 is 0 Å². The summed E-state index contributed by atoms with van der Waals surface area (Å²) >= 11 is 6.05. The maximum atomic E-state index is 6.05. The first kappa shape index (κ1) is 11.0. The van der Waals surface area contributed by atoms with Crippen LogP contribution < -0.4 is 10.1 Å². The Morgan fingerprint density at radius 2 is 2.06 bits per heavy atom. The molecule has 1 heterocycles. The summed E-state index contributed by atoms with van der Waals surface area (Å²) in [6.07, 6.45) is 0. The van der Waals surface area contributed by atoms with E-state index in [4.69, 9.17) is 16.3 Å². The first-order valence-corrected chi connectivity index (χ1v) is 5.36. The Kier molecular flexibility index (Phi) is 2.88. The molecule has 0 saturated carbocycles. The monoisotopic (exact) mass is 236 g/mol. The molecule has 0 amide bonds. The van der Waals surface area contributed by atoms with Gasteiger partial charge in [0.05, 0.1) is 17.6 Å². The first-order valence-electron chi connectivity index (χ1n) is 4.98. The number of nitrogens with zero attached hydrogens (tertiary/aromatic N) is 1. The number of fused-ring (bicyclic) bond motifs is 1. The molecule has 2 rings (SSSR count). The van der Waals surface area contributed by atoms with Gasteiger partial charge in [-0.1, -0.05) is 11.6 Å². The predicted molar refractivity (Wildman–Crippen MR) is 67.6 cm³/mol. The summed E-state index contributed by atoms with van der Waals surface area (Å²) in [5, 5.41) is 4.65. The molecule has 84 valence electrons. The predicted octanol–water partition coefficient (Wildman–Crippen LogP) is 3.25. The summed E-state index contributed by atoms with van der Waals surface area (Å²) in [6.45, 7) is 2.01. The van der Waals surface area contributed by atoms with Gasteiger partial charge in [-0.2, -0.15) is 0 Å². The van der Waals surface area contributed by atoms with Crippen molar-refractivity contribution in [2.45, 2.75) is 6.92 Å². The van der Waals surface area contributed by atoms with E-state index in [1.807, 2.05) is 26.1 Å². The Hall–Kier alpha value is -1.48. The molecule has 0 bridgehead atoms. The summed E-state index contributed by atoms with van der Waals surface area (Å²) in [5.41, 5.74) is 1.96. The molecule has 1 aromatic carbocycles. The lowest BCUT2D eigenvalue weighted by Gasteiger charge is -2.09. The fourth-order valence-corrected chi connectivity index (χ4v) is 1.93. The Bertz CT molecular complexity index is 491. The van der Waals surface area contributed by atoms with Crippen molar-refractivity contribution in [1.82, 2.24) is 4.98 Å². The number of hydrogen-bond acceptors (Lipinski definition) is 3. The Labute approximate surface area is 99.4 Å². The topological polar surface area (TPSA) is 34.2 Å². The summed E-state index contributed by atoms with van der Waals surface area (Å²) in [6, 6.07) is 5.78. The highest BCUT2D eigenvalue weighted by Gasteiger charge is 2.06. The number of hydrogen-bond donors (Lipinski definition) is 1. The second-order valence-electron chi connectivity index (χ2n) is 3.58. The average molecular weight is 237 g/mol. The third-order valence-corrected chi connectivity index (χ3v) is 2.81. The zero-order valence-corrected chi connectivity index (χ0v) is 10.2. The van der Waals surface area contributed by atoms with Crippen molar-refractivity contribution >= 4 is 28.3 Å². The summed E-state index contributed by atoms with van der Waals surface area (Å²) in [5.74, 6) is 1.54. The van der Waals surface area contributed by atoms with Gasteiger partial charge in [0.15, 0.2) is 0 Å². The van der Waals surface area contributed by atoms with Crippen LogP contribution in [0.15, 0.2) is 18.2 Å². The van der Waals surface area contributed by atoms with Crippen LogP contribution in [0, 0.1) is 6.92 Å². The summed E-state index contributed by atoms with van der Waals surface area (Å²) < 4.78 is 5.17. The Morgan fingerprint density at radius 3 is 2.69 bits per heavy atom. The minimum absolute atomic E-state index is 0.577. The van der Waals surface area contributed by atoms with E-state index in [-0.39, 0.29) is 0 Å². The van der Waals surface area contributed by atoms with Crippen LogP contribution in [0.5, 0.6) is 5.75 Å². The van der Waals surface area contributed by atoms with Crippen molar-refractivity contribution in [1.29, 1.82) is 0 Å². The molecule has 1 aromatic heterocycles. The van der Waals surface area contributed by atoms with Crippen molar-refractivity contribution in [2.75, 3.05) is 19.5 Å². The van der Waals surface area contributed by atoms with Gasteiger partial charge in [-0.15, -0.1) is 0 Å². The number of ether oxygens (including phenoxy) is 1. The van der Waals surface area contributed by atoms with Crippen LogP contribution in [0.25, 0.3) is 10.9 Å². The third-order valence-electron chi connectivity index (χ3n) is 2.52. The van der Waals surface area contributed by atoms with Crippen molar-refractivity contribution < 1.29 is 4.74 Å². The van der Waals surface area contributed by atoms with Crippen LogP contribution in [-0.2, 0) is 0 Å². The molecule has 0 aliphatic heterocycles. The highest BCUT2D eigenvalue weighted by atomic mass is 35.5. The molecule has 0 aliphatic rings. The second kappa shape index (κ2) is 4.18. The lowest BCUT2D eigenvalue weighted by Crippen LogP contribution is -1.96.